The third-order valence-electron chi connectivity index (χ3n) is 4.27. The van der Waals surface area contributed by atoms with Gasteiger partial charge in [0.25, 0.3) is 0 Å². The minimum absolute atomic E-state index is 0.00443. The van der Waals surface area contributed by atoms with Crippen molar-refractivity contribution in [3.8, 4) is 5.75 Å². The molecule has 0 atom stereocenters. The maximum absolute atomic E-state index is 12.4. The standard InChI is InChI=1S/C20H30N4O3/c1-3-9-21-19(25)15-23-10-12-24(13-11-23)16-20(26)22-17-7-5-6-8-18(17)27-14-4-2/h3,5-8H,1,4,9-16H2,2H3,(H,21,25)(H,22,26). The number of carbonyl (C=O) groups excluding carboxylic acids is 2. The quantitative estimate of drug-likeness (QED) is 0.605. The van der Waals surface area contributed by atoms with Crippen LogP contribution in [0.15, 0.2) is 36.9 Å². The molecule has 1 saturated heterocycles. The maximum atomic E-state index is 12.4. The van der Waals surface area contributed by atoms with E-state index in [1.165, 1.54) is 0 Å². The predicted octanol–water partition coefficient (Wildman–Crippen LogP) is 1.33. The number of hydrogen-bond acceptors (Lipinski definition) is 5. The molecule has 0 radical (unpaired) electrons. The van der Waals surface area contributed by atoms with Crippen LogP contribution >= 0.6 is 0 Å². The summed E-state index contributed by atoms with van der Waals surface area (Å²) in [6.45, 7) is 10.5. The van der Waals surface area contributed by atoms with Crippen molar-refractivity contribution in [1.82, 2.24) is 15.1 Å². The van der Waals surface area contributed by atoms with Crippen LogP contribution in [0.5, 0.6) is 5.75 Å². The first kappa shape index (κ1) is 20.9. The zero-order valence-electron chi connectivity index (χ0n) is 16.1. The first-order chi connectivity index (χ1) is 13.1. The second-order valence-electron chi connectivity index (χ2n) is 6.54. The van der Waals surface area contributed by atoms with Crippen molar-refractivity contribution in [2.45, 2.75) is 13.3 Å². The summed E-state index contributed by atoms with van der Waals surface area (Å²) in [5, 5.41) is 5.72. The van der Waals surface area contributed by atoms with Gasteiger partial charge in [-0.2, -0.15) is 0 Å². The Hall–Kier alpha value is -2.38. The fourth-order valence-corrected chi connectivity index (χ4v) is 2.85. The molecule has 0 bridgehead atoms. The normalized spacial score (nSPS) is 15.1. The number of amides is 2. The summed E-state index contributed by atoms with van der Waals surface area (Å²) in [7, 11) is 0. The Morgan fingerprint density at radius 1 is 1.11 bits per heavy atom. The summed E-state index contributed by atoms with van der Waals surface area (Å²) in [6, 6.07) is 7.49. The molecule has 0 aromatic heterocycles. The van der Waals surface area contributed by atoms with Gasteiger partial charge in [0.15, 0.2) is 0 Å². The lowest BCUT2D eigenvalue weighted by Crippen LogP contribution is -2.51. The highest BCUT2D eigenvalue weighted by atomic mass is 16.5. The minimum Gasteiger partial charge on any atom is -0.491 e. The van der Waals surface area contributed by atoms with Gasteiger partial charge in [0.1, 0.15) is 5.75 Å². The second-order valence-corrected chi connectivity index (χ2v) is 6.54. The van der Waals surface area contributed by atoms with Crippen molar-refractivity contribution >= 4 is 17.5 Å². The zero-order valence-corrected chi connectivity index (χ0v) is 16.1. The monoisotopic (exact) mass is 374 g/mol. The summed E-state index contributed by atoms with van der Waals surface area (Å²) in [5.74, 6) is 0.646. The minimum atomic E-state index is -0.0558. The number of rotatable bonds is 10. The number of nitrogens with one attached hydrogen (secondary N) is 2. The van der Waals surface area contributed by atoms with Crippen LogP contribution in [-0.2, 0) is 9.59 Å². The lowest BCUT2D eigenvalue weighted by molar-refractivity contribution is -0.123. The first-order valence-corrected chi connectivity index (χ1v) is 9.46. The summed E-state index contributed by atoms with van der Waals surface area (Å²) in [6.07, 6.45) is 2.58. The van der Waals surface area contributed by atoms with Crippen molar-refractivity contribution in [3.05, 3.63) is 36.9 Å². The van der Waals surface area contributed by atoms with Gasteiger partial charge in [-0.3, -0.25) is 19.4 Å². The molecule has 1 aromatic carbocycles. The molecule has 148 valence electrons. The topological polar surface area (TPSA) is 73.9 Å². The Kier molecular flexibility index (Phi) is 8.80. The van der Waals surface area contributed by atoms with Crippen molar-refractivity contribution in [3.63, 3.8) is 0 Å². The number of benzene rings is 1. The highest BCUT2D eigenvalue weighted by Crippen LogP contribution is 2.23. The number of carbonyl (C=O) groups is 2. The van der Waals surface area contributed by atoms with E-state index in [1.54, 1.807) is 6.08 Å². The molecule has 2 N–H and O–H groups in total. The van der Waals surface area contributed by atoms with Crippen LogP contribution < -0.4 is 15.4 Å². The van der Waals surface area contributed by atoms with Gasteiger partial charge in [0, 0.05) is 32.7 Å². The van der Waals surface area contributed by atoms with Gasteiger partial charge < -0.3 is 15.4 Å². The van der Waals surface area contributed by atoms with Gasteiger partial charge in [-0.25, -0.2) is 0 Å². The number of piperazine rings is 1. The summed E-state index contributed by atoms with van der Waals surface area (Å²) in [5.41, 5.74) is 0.702. The third kappa shape index (κ3) is 7.40. The van der Waals surface area contributed by atoms with Crippen LogP contribution in [0.3, 0.4) is 0 Å². The van der Waals surface area contributed by atoms with E-state index >= 15 is 0 Å². The number of para-hydroxylation sites is 2. The number of anilines is 1. The van der Waals surface area contributed by atoms with E-state index in [0.29, 0.717) is 37.7 Å². The van der Waals surface area contributed by atoms with Crippen LogP contribution in [0.4, 0.5) is 5.69 Å². The smallest absolute Gasteiger partial charge is 0.238 e. The second kappa shape index (κ2) is 11.4. The van der Waals surface area contributed by atoms with E-state index < -0.39 is 0 Å². The zero-order chi connectivity index (χ0) is 19.5. The molecule has 2 rings (SSSR count). The summed E-state index contributed by atoms with van der Waals surface area (Å²) in [4.78, 5) is 28.3. The molecular weight excluding hydrogens is 344 g/mol. The van der Waals surface area contributed by atoms with Gasteiger partial charge in [0.05, 0.1) is 25.4 Å². The largest absolute Gasteiger partial charge is 0.491 e. The average Bonchev–Trinajstić information content (AvgIpc) is 2.67. The molecule has 7 heteroatoms. The molecular formula is C20H30N4O3. The van der Waals surface area contributed by atoms with Gasteiger partial charge in [0.2, 0.25) is 11.8 Å². The Morgan fingerprint density at radius 3 is 2.37 bits per heavy atom. The Balaban J connectivity index is 1.75. The van der Waals surface area contributed by atoms with Gasteiger partial charge in [-0.1, -0.05) is 25.1 Å². The van der Waals surface area contributed by atoms with Crippen molar-refractivity contribution in [2.24, 2.45) is 0 Å². The molecule has 27 heavy (non-hydrogen) atoms. The van der Waals surface area contributed by atoms with E-state index in [0.717, 1.165) is 32.6 Å². The van der Waals surface area contributed by atoms with E-state index in [9.17, 15) is 9.59 Å². The Bertz CT molecular complexity index is 627. The lowest BCUT2D eigenvalue weighted by atomic mass is 10.2. The fraction of sp³-hybridized carbons (Fsp3) is 0.500. The molecule has 0 saturated carbocycles. The van der Waals surface area contributed by atoms with Crippen LogP contribution in [0, 0.1) is 0 Å². The number of ether oxygens (including phenoxy) is 1. The molecule has 0 spiro atoms. The van der Waals surface area contributed by atoms with E-state index in [4.69, 9.17) is 4.74 Å². The van der Waals surface area contributed by atoms with Gasteiger partial charge in [-0.15, -0.1) is 6.58 Å². The maximum Gasteiger partial charge on any atom is 0.238 e. The highest BCUT2D eigenvalue weighted by Gasteiger charge is 2.20. The van der Waals surface area contributed by atoms with Crippen molar-refractivity contribution in [1.29, 1.82) is 0 Å². The molecule has 0 aliphatic carbocycles. The highest BCUT2D eigenvalue weighted by molar-refractivity contribution is 5.93. The van der Waals surface area contributed by atoms with Gasteiger partial charge >= 0.3 is 0 Å². The molecule has 0 unspecified atom stereocenters. The first-order valence-electron chi connectivity index (χ1n) is 9.46. The predicted molar refractivity (Wildman–Crippen MR) is 107 cm³/mol. The van der Waals surface area contributed by atoms with Gasteiger partial charge in [-0.05, 0) is 18.6 Å². The summed E-state index contributed by atoms with van der Waals surface area (Å²) < 4.78 is 5.68. The number of nitrogens with zero attached hydrogens (tertiary/aromatic N) is 2. The molecule has 1 aromatic rings. The van der Waals surface area contributed by atoms with E-state index in [1.807, 2.05) is 31.2 Å². The molecule has 1 aliphatic rings. The van der Waals surface area contributed by atoms with Crippen LogP contribution in [0.2, 0.25) is 0 Å². The fourth-order valence-electron chi connectivity index (χ4n) is 2.85. The summed E-state index contributed by atoms with van der Waals surface area (Å²) >= 11 is 0. The molecule has 1 heterocycles. The molecule has 2 amide bonds. The van der Waals surface area contributed by atoms with Crippen LogP contribution in [0.25, 0.3) is 0 Å². The Morgan fingerprint density at radius 2 is 1.74 bits per heavy atom. The van der Waals surface area contributed by atoms with E-state index in [-0.39, 0.29) is 11.8 Å². The van der Waals surface area contributed by atoms with E-state index in [2.05, 4.69) is 27.0 Å². The van der Waals surface area contributed by atoms with Crippen LogP contribution in [0.1, 0.15) is 13.3 Å². The Labute approximate surface area is 161 Å². The van der Waals surface area contributed by atoms with Crippen molar-refractivity contribution in [2.75, 3.05) is 57.7 Å². The number of hydrogen-bond donors (Lipinski definition) is 2. The molecule has 7 nitrogen and oxygen atoms in total. The third-order valence-corrected chi connectivity index (χ3v) is 4.27. The lowest BCUT2D eigenvalue weighted by Gasteiger charge is -2.33. The van der Waals surface area contributed by atoms with Crippen molar-refractivity contribution < 1.29 is 14.3 Å². The van der Waals surface area contributed by atoms with Crippen LogP contribution in [-0.4, -0.2) is 74.0 Å². The SMILES string of the molecule is C=CCNC(=O)CN1CCN(CC(=O)Nc2ccccc2OCCC)CC1. The average molecular weight is 374 g/mol. The molecule has 1 fully saturated rings. The molecule has 1 aliphatic heterocycles.